The first-order chi connectivity index (χ1) is 10.2. The van der Waals surface area contributed by atoms with E-state index < -0.39 is 0 Å². The van der Waals surface area contributed by atoms with Crippen molar-refractivity contribution in [3.05, 3.63) is 34.6 Å². The number of nitrogens with zero attached hydrogens (tertiary/aromatic N) is 1. The molecule has 3 rings (SSSR count). The number of thioether (sulfide) groups is 1. The molecule has 2 aromatic rings. The predicted octanol–water partition coefficient (Wildman–Crippen LogP) is 4.49. The topological polar surface area (TPSA) is 24.9 Å². The monoisotopic (exact) mass is 322 g/mol. The van der Waals surface area contributed by atoms with Gasteiger partial charge in [-0.1, -0.05) is 13.0 Å². The molecule has 1 N–H and O–H groups in total. The molecule has 0 amide bonds. The van der Waals surface area contributed by atoms with Gasteiger partial charge in [-0.05, 0) is 37.7 Å². The number of rotatable bonds is 6. The molecule has 0 radical (unpaired) electrons. The van der Waals surface area contributed by atoms with Gasteiger partial charge < -0.3 is 5.32 Å². The largest absolute Gasteiger partial charge is 0.309 e. The number of hydrogen-bond donors (Lipinski definition) is 1. The lowest BCUT2D eigenvalue weighted by Crippen LogP contribution is -2.15. The standard InChI is InChI=1S/C16H19FN2S2/c1-3-12-14(9-18-10-7-8-10)21-16(19-12)15-11(17)5-4-6-13(15)20-2/h4-6,10,18H,3,7-9H2,1-2H3. The Labute approximate surface area is 133 Å². The highest BCUT2D eigenvalue weighted by Crippen LogP contribution is 2.36. The number of nitrogens with one attached hydrogen (secondary N) is 1. The molecule has 0 unspecified atom stereocenters. The Kier molecular flexibility index (Phi) is 4.62. The minimum atomic E-state index is -0.181. The van der Waals surface area contributed by atoms with Gasteiger partial charge in [-0.3, -0.25) is 0 Å². The van der Waals surface area contributed by atoms with Crippen molar-refractivity contribution in [2.75, 3.05) is 6.26 Å². The van der Waals surface area contributed by atoms with Crippen molar-refractivity contribution in [3.63, 3.8) is 0 Å². The Bertz CT molecular complexity index is 635. The first-order valence-electron chi connectivity index (χ1n) is 7.27. The van der Waals surface area contributed by atoms with E-state index in [0.717, 1.165) is 28.6 Å². The minimum absolute atomic E-state index is 0.181. The second kappa shape index (κ2) is 6.46. The molecule has 1 aromatic heterocycles. The molecule has 0 atom stereocenters. The van der Waals surface area contributed by atoms with Gasteiger partial charge in [0.1, 0.15) is 10.8 Å². The van der Waals surface area contributed by atoms with Crippen LogP contribution in [0.15, 0.2) is 23.1 Å². The molecule has 0 bridgehead atoms. The molecular formula is C16H19FN2S2. The van der Waals surface area contributed by atoms with Crippen molar-refractivity contribution < 1.29 is 4.39 Å². The number of hydrogen-bond acceptors (Lipinski definition) is 4. The molecule has 1 aliphatic rings. The summed E-state index contributed by atoms with van der Waals surface area (Å²) in [5.41, 5.74) is 1.75. The second-order valence-corrected chi connectivity index (χ2v) is 7.15. The summed E-state index contributed by atoms with van der Waals surface area (Å²) in [5.74, 6) is -0.181. The van der Waals surface area contributed by atoms with Crippen LogP contribution in [0.1, 0.15) is 30.3 Å². The van der Waals surface area contributed by atoms with Crippen LogP contribution in [0.3, 0.4) is 0 Å². The van der Waals surface area contributed by atoms with Gasteiger partial charge in [0, 0.05) is 22.4 Å². The predicted molar refractivity (Wildman–Crippen MR) is 88.5 cm³/mol. The van der Waals surface area contributed by atoms with Crippen LogP contribution in [0.25, 0.3) is 10.6 Å². The van der Waals surface area contributed by atoms with E-state index in [-0.39, 0.29) is 5.82 Å². The summed E-state index contributed by atoms with van der Waals surface area (Å²) in [6.07, 6.45) is 5.41. The molecule has 0 aliphatic heterocycles. The SMILES string of the molecule is CCc1nc(-c2c(F)cccc2SC)sc1CNC1CC1. The average molecular weight is 322 g/mol. The summed E-state index contributed by atoms with van der Waals surface area (Å²) in [7, 11) is 0. The zero-order chi connectivity index (χ0) is 14.8. The summed E-state index contributed by atoms with van der Waals surface area (Å²) in [4.78, 5) is 6.89. The number of thiazole rings is 1. The van der Waals surface area contributed by atoms with Gasteiger partial charge >= 0.3 is 0 Å². The molecule has 21 heavy (non-hydrogen) atoms. The van der Waals surface area contributed by atoms with Gasteiger partial charge in [0.2, 0.25) is 0 Å². The van der Waals surface area contributed by atoms with E-state index in [1.165, 1.54) is 23.8 Å². The lowest BCUT2D eigenvalue weighted by Gasteiger charge is -2.05. The van der Waals surface area contributed by atoms with Crippen molar-refractivity contribution in [1.82, 2.24) is 10.3 Å². The normalized spacial score (nSPS) is 14.6. The van der Waals surface area contributed by atoms with Crippen molar-refractivity contribution in [1.29, 1.82) is 0 Å². The Hall–Kier alpha value is -0.910. The van der Waals surface area contributed by atoms with Crippen molar-refractivity contribution >= 4 is 23.1 Å². The molecule has 1 aromatic carbocycles. The van der Waals surface area contributed by atoms with Crippen LogP contribution in [-0.4, -0.2) is 17.3 Å². The summed E-state index contributed by atoms with van der Waals surface area (Å²) < 4.78 is 14.2. The lowest BCUT2D eigenvalue weighted by atomic mass is 10.2. The van der Waals surface area contributed by atoms with E-state index >= 15 is 0 Å². The fraction of sp³-hybridized carbons (Fsp3) is 0.438. The maximum absolute atomic E-state index is 14.2. The van der Waals surface area contributed by atoms with Gasteiger partial charge in [-0.2, -0.15) is 0 Å². The van der Waals surface area contributed by atoms with E-state index in [1.54, 1.807) is 29.2 Å². The molecule has 5 heteroatoms. The Morgan fingerprint density at radius 2 is 2.24 bits per heavy atom. The summed E-state index contributed by atoms with van der Waals surface area (Å²) in [6, 6.07) is 5.91. The number of aromatic nitrogens is 1. The van der Waals surface area contributed by atoms with Gasteiger partial charge in [0.15, 0.2) is 0 Å². The fourth-order valence-electron chi connectivity index (χ4n) is 2.31. The number of aryl methyl sites for hydroxylation is 1. The van der Waals surface area contributed by atoms with Crippen molar-refractivity contribution in [3.8, 4) is 10.6 Å². The quantitative estimate of drug-likeness (QED) is 0.793. The molecule has 1 heterocycles. The minimum Gasteiger partial charge on any atom is -0.309 e. The molecule has 0 saturated heterocycles. The van der Waals surface area contributed by atoms with Crippen LogP contribution >= 0.6 is 23.1 Å². The summed E-state index contributed by atoms with van der Waals surface area (Å²) >= 11 is 3.19. The van der Waals surface area contributed by atoms with E-state index in [2.05, 4.69) is 12.2 Å². The maximum Gasteiger partial charge on any atom is 0.134 e. The Morgan fingerprint density at radius 3 is 2.90 bits per heavy atom. The van der Waals surface area contributed by atoms with Crippen molar-refractivity contribution in [2.45, 2.75) is 43.7 Å². The van der Waals surface area contributed by atoms with E-state index in [0.29, 0.717) is 11.6 Å². The van der Waals surface area contributed by atoms with Crippen LogP contribution in [-0.2, 0) is 13.0 Å². The smallest absolute Gasteiger partial charge is 0.134 e. The summed E-state index contributed by atoms with van der Waals surface area (Å²) in [5, 5.41) is 4.33. The highest BCUT2D eigenvalue weighted by atomic mass is 32.2. The summed E-state index contributed by atoms with van der Waals surface area (Å²) in [6.45, 7) is 2.96. The second-order valence-electron chi connectivity index (χ2n) is 5.21. The first-order valence-corrected chi connectivity index (χ1v) is 9.32. The van der Waals surface area contributed by atoms with Crippen LogP contribution in [0.2, 0.25) is 0 Å². The molecule has 1 saturated carbocycles. The van der Waals surface area contributed by atoms with Gasteiger partial charge in [-0.25, -0.2) is 9.37 Å². The maximum atomic E-state index is 14.2. The number of benzene rings is 1. The van der Waals surface area contributed by atoms with E-state index in [9.17, 15) is 4.39 Å². The van der Waals surface area contributed by atoms with Crippen LogP contribution in [0.5, 0.6) is 0 Å². The van der Waals surface area contributed by atoms with Crippen LogP contribution in [0, 0.1) is 5.82 Å². The zero-order valence-electron chi connectivity index (χ0n) is 12.3. The third-order valence-electron chi connectivity index (χ3n) is 3.65. The van der Waals surface area contributed by atoms with Gasteiger partial charge in [0.05, 0.1) is 11.3 Å². The van der Waals surface area contributed by atoms with Crippen LogP contribution in [0.4, 0.5) is 4.39 Å². The third-order valence-corrected chi connectivity index (χ3v) is 5.55. The molecule has 112 valence electrons. The van der Waals surface area contributed by atoms with Crippen LogP contribution < -0.4 is 5.32 Å². The molecule has 1 fully saturated rings. The lowest BCUT2D eigenvalue weighted by molar-refractivity contribution is 0.628. The Morgan fingerprint density at radius 1 is 1.43 bits per heavy atom. The highest BCUT2D eigenvalue weighted by Gasteiger charge is 2.22. The fourth-order valence-corrected chi connectivity index (χ4v) is 4.15. The van der Waals surface area contributed by atoms with Gasteiger partial charge in [-0.15, -0.1) is 23.1 Å². The molecule has 0 spiro atoms. The highest BCUT2D eigenvalue weighted by molar-refractivity contribution is 7.98. The zero-order valence-corrected chi connectivity index (χ0v) is 13.9. The van der Waals surface area contributed by atoms with E-state index in [4.69, 9.17) is 4.98 Å². The van der Waals surface area contributed by atoms with Crippen molar-refractivity contribution in [2.24, 2.45) is 0 Å². The average Bonchev–Trinajstić information content (AvgIpc) is 3.24. The van der Waals surface area contributed by atoms with Gasteiger partial charge in [0.25, 0.3) is 0 Å². The molecule has 1 aliphatic carbocycles. The molecular weight excluding hydrogens is 303 g/mol. The first kappa shape index (κ1) is 15.0. The third kappa shape index (κ3) is 3.30. The molecule has 2 nitrogen and oxygen atoms in total. The number of halogens is 1. The Balaban J connectivity index is 1.94. The van der Waals surface area contributed by atoms with E-state index in [1.807, 2.05) is 12.3 Å².